The Labute approximate surface area is 216 Å². The van der Waals surface area contributed by atoms with Crippen LogP contribution in [0.1, 0.15) is 17.7 Å². The van der Waals surface area contributed by atoms with Gasteiger partial charge in [-0.3, -0.25) is 19.1 Å². The van der Waals surface area contributed by atoms with E-state index in [9.17, 15) is 19.5 Å². The Bertz CT molecular complexity index is 1460. The average Bonchev–Trinajstić information content (AvgIpc) is 3.29. The average molecular weight is 524 g/mol. The lowest BCUT2D eigenvalue weighted by Gasteiger charge is -2.10. The van der Waals surface area contributed by atoms with Gasteiger partial charge in [-0.05, 0) is 42.8 Å². The van der Waals surface area contributed by atoms with Gasteiger partial charge >= 0.3 is 5.97 Å². The number of carbonyl (C=O) groups excluding carboxylic acids is 1. The SMILES string of the molecule is COc1ccc(C=NN2C(=O)C(CC(=O)O)SC2=Nc2c(C)n(C)n(-c3ccccc3)c2=O)cc1OC. The topological polar surface area (TPSA) is 128 Å². The molecule has 1 aliphatic heterocycles. The number of ether oxygens (including phenoxy) is 2. The predicted molar refractivity (Wildman–Crippen MR) is 140 cm³/mol. The third-order valence-corrected chi connectivity index (χ3v) is 6.86. The molecule has 0 spiro atoms. The van der Waals surface area contributed by atoms with E-state index in [-0.39, 0.29) is 16.4 Å². The van der Waals surface area contributed by atoms with Crippen LogP contribution in [0.25, 0.3) is 5.69 Å². The van der Waals surface area contributed by atoms with Crippen molar-refractivity contribution in [2.24, 2.45) is 17.1 Å². The Morgan fingerprint density at radius 2 is 1.81 bits per heavy atom. The summed E-state index contributed by atoms with van der Waals surface area (Å²) in [6, 6.07) is 14.2. The molecule has 1 aliphatic rings. The van der Waals surface area contributed by atoms with Crippen molar-refractivity contribution >= 4 is 40.7 Å². The van der Waals surface area contributed by atoms with E-state index in [0.29, 0.717) is 28.4 Å². The second kappa shape index (κ2) is 10.7. The molecule has 1 aromatic heterocycles. The fourth-order valence-electron chi connectivity index (χ4n) is 3.76. The fraction of sp³-hybridized carbons (Fsp3) is 0.240. The maximum atomic E-state index is 13.3. The first-order valence-electron chi connectivity index (χ1n) is 11.2. The number of aliphatic carboxylic acids is 1. The van der Waals surface area contributed by atoms with Crippen LogP contribution in [0.5, 0.6) is 11.5 Å². The number of nitrogens with zero attached hydrogens (tertiary/aromatic N) is 5. The van der Waals surface area contributed by atoms with Gasteiger partial charge in [-0.2, -0.15) is 10.1 Å². The van der Waals surface area contributed by atoms with E-state index in [1.54, 1.807) is 49.0 Å². The molecule has 0 bridgehead atoms. The van der Waals surface area contributed by atoms with Crippen molar-refractivity contribution in [3.05, 3.63) is 70.1 Å². The molecule has 3 aromatic rings. The first-order valence-corrected chi connectivity index (χ1v) is 12.0. The van der Waals surface area contributed by atoms with E-state index in [2.05, 4.69) is 10.1 Å². The Kier molecular flexibility index (Phi) is 7.48. The third-order valence-electron chi connectivity index (χ3n) is 5.73. The zero-order chi connectivity index (χ0) is 26.7. The molecule has 12 heteroatoms. The minimum atomic E-state index is -1.13. The number of hydrogen-bond acceptors (Lipinski definition) is 8. The smallest absolute Gasteiger partial charge is 0.305 e. The lowest BCUT2D eigenvalue weighted by molar-refractivity contribution is -0.139. The van der Waals surface area contributed by atoms with Gasteiger partial charge in [-0.25, -0.2) is 9.67 Å². The number of rotatable bonds is 8. The lowest BCUT2D eigenvalue weighted by Crippen LogP contribution is -2.28. The Morgan fingerprint density at radius 1 is 1.11 bits per heavy atom. The monoisotopic (exact) mass is 523 g/mol. The molecule has 0 saturated carbocycles. The summed E-state index contributed by atoms with van der Waals surface area (Å²) in [6.45, 7) is 1.74. The van der Waals surface area contributed by atoms with E-state index < -0.39 is 23.5 Å². The standard InChI is InChI=1S/C25H25N5O6S/c1-15-22(24(34)30(28(15)2)17-8-6-5-7-9-17)27-25-29(23(33)20(37-25)13-21(31)32)26-14-16-10-11-18(35-3)19(12-16)36-4/h5-12,14,20H,13H2,1-4H3,(H,31,32). The minimum Gasteiger partial charge on any atom is -0.493 e. The van der Waals surface area contributed by atoms with Crippen molar-refractivity contribution < 1.29 is 24.2 Å². The molecule has 1 saturated heterocycles. The van der Waals surface area contributed by atoms with Crippen molar-refractivity contribution in [1.29, 1.82) is 0 Å². The number of para-hydroxylation sites is 1. The van der Waals surface area contributed by atoms with Crippen LogP contribution in [0.3, 0.4) is 0 Å². The molecule has 1 unspecified atom stereocenters. The van der Waals surface area contributed by atoms with Crippen LogP contribution in [-0.2, 0) is 16.6 Å². The van der Waals surface area contributed by atoms with Gasteiger partial charge < -0.3 is 14.6 Å². The maximum Gasteiger partial charge on any atom is 0.305 e. The van der Waals surface area contributed by atoms with Crippen molar-refractivity contribution in [2.75, 3.05) is 14.2 Å². The van der Waals surface area contributed by atoms with Gasteiger partial charge in [-0.1, -0.05) is 30.0 Å². The number of amidine groups is 1. The van der Waals surface area contributed by atoms with Crippen LogP contribution in [0.15, 0.2) is 63.4 Å². The molecule has 37 heavy (non-hydrogen) atoms. The highest BCUT2D eigenvalue weighted by atomic mass is 32.2. The normalized spacial score (nSPS) is 16.6. The molecule has 11 nitrogen and oxygen atoms in total. The number of methoxy groups -OCH3 is 2. The predicted octanol–water partition coefficient (Wildman–Crippen LogP) is 2.94. The molecule has 4 rings (SSSR count). The number of hydrazone groups is 1. The van der Waals surface area contributed by atoms with Gasteiger partial charge in [-0.15, -0.1) is 0 Å². The first-order chi connectivity index (χ1) is 17.7. The summed E-state index contributed by atoms with van der Waals surface area (Å²) in [4.78, 5) is 42.2. The number of thioether (sulfide) groups is 1. The summed E-state index contributed by atoms with van der Waals surface area (Å²) < 4.78 is 13.7. The Hall–Kier alpha value is -4.32. The summed E-state index contributed by atoms with van der Waals surface area (Å²) in [5, 5.41) is 13.8. The Morgan fingerprint density at radius 3 is 2.46 bits per heavy atom. The van der Waals surface area contributed by atoms with E-state index >= 15 is 0 Å². The number of hydrogen-bond donors (Lipinski definition) is 1. The summed E-state index contributed by atoms with van der Waals surface area (Å²) in [5.74, 6) is -0.656. The van der Waals surface area contributed by atoms with Gasteiger partial charge in [0.05, 0.1) is 38.2 Å². The summed E-state index contributed by atoms with van der Waals surface area (Å²) in [6.07, 6.45) is 1.02. The van der Waals surface area contributed by atoms with Gasteiger partial charge in [0.15, 0.2) is 22.4 Å². The maximum absolute atomic E-state index is 13.3. The molecule has 192 valence electrons. The highest BCUT2D eigenvalue weighted by Crippen LogP contribution is 2.32. The molecule has 2 heterocycles. The van der Waals surface area contributed by atoms with E-state index in [1.165, 1.54) is 25.1 Å². The largest absolute Gasteiger partial charge is 0.493 e. The molecule has 1 atom stereocenters. The fourth-order valence-corrected chi connectivity index (χ4v) is 4.82. The molecule has 0 radical (unpaired) electrons. The highest BCUT2D eigenvalue weighted by molar-refractivity contribution is 8.15. The number of amides is 1. The number of carboxylic acids is 1. The Balaban J connectivity index is 1.76. The quantitative estimate of drug-likeness (QED) is 0.450. The van der Waals surface area contributed by atoms with Gasteiger partial charge in [0.25, 0.3) is 11.5 Å². The molecule has 0 aliphatic carbocycles. The van der Waals surface area contributed by atoms with E-state index in [4.69, 9.17) is 9.47 Å². The highest BCUT2D eigenvalue weighted by Gasteiger charge is 2.40. The van der Waals surface area contributed by atoms with Crippen LogP contribution < -0.4 is 15.0 Å². The van der Waals surface area contributed by atoms with Crippen molar-refractivity contribution in [3.8, 4) is 17.2 Å². The molecule has 2 aromatic carbocycles. The number of carboxylic acid groups (broad SMARTS) is 1. The number of benzene rings is 2. The molecular weight excluding hydrogens is 498 g/mol. The van der Waals surface area contributed by atoms with Gasteiger partial charge in [0, 0.05) is 7.05 Å². The molecular formula is C25H25N5O6S. The van der Waals surface area contributed by atoms with Crippen molar-refractivity contribution in [3.63, 3.8) is 0 Å². The molecule has 1 N–H and O–H groups in total. The van der Waals surface area contributed by atoms with E-state index in [0.717, 1.165) is 16.8 Å². The van der Waals surface area contributed by atoms with Gasteiger partial charge in [0.1, 0.15) is 5.25 Å². The van der Waals surface area contributed by atoms with Crippen LogP contribution in [0, 0.1) is 6.92 Å². The summed E-state index contributed by atoms with van der Waals surface area (Å²) in [7, 11) is 4.76. The molecule has 1 fully saturated rings. The third kappa shape index (κ3) is 5.14. The summed E-state index contributed by atoms with van der Waals surface area (Å²) in [5.41, 5.74) is 1.59. The van der Waals surface area contributed by atoms with Crippen molar-refractivity contribution in [2.45, 2.75) is 18.6 Å². The minimum absolute atomic E-state index is 0.110. The van der Waals surface area contributed by atoms with Crippen molar-refractivity contribution in [1.82, 2.24) is 14.4 Å². The first kappa shape index (κ1) is 25.8. The van der Waals surface area contributed by atoms with E-state index in [1.807, 2.05) is 18.2 Å². The number of aliphatic imine (C=N–C) groups is 1. The van der Waals surface area contributed by atoms with Crippen LogP contribution in [0.2, 0.25) is 0 Å². The second-order valence-corrected chi connectivity index (χ2v) is 9.19. The van der Waals surface area contributed by atoms with Crippen LogP contribution in [0.4, 0.5) is 5.69 Å². The molecule has 1 amide bonds. The second-order valence-electron chi connectivity index (χ2n) is 8.02. The lowest BCUT2D eigenvalue weighted by atomic mass is 10.2. The number of aromatic nitrogens is 2. The van der Waals surface area contributed by atoms with Crippen LogP contribution >= 0.6 is 11.8 Å². The number of carbonyl (C=O) groups is 2. The zero-order valence-corrected chi connectivity index (χ0v) is 21.4. The summed E-state index contributed by atoms with van der Waals surface area (Å²) >= 11 is 0.957. The van der Waals surface area contributed by atoms with Gasteiger partial charge in [0.2, 0.25) is 0 Å². The van der Waals surface area contributed by atoms with Crippen LogP contribution in [-0.4, -0.2) is 62.2 Å². The zero-order valence-electron chi connectivity index (χ0n) is 20.6.